The molecule has 14 heavy (non-hydrogen) atoms. The lowest BCUT2D eigenvalue weighted by molar-refractivity contribution is -0.132. The second-order valence-electron chi connectivity index (χ2n) is 3.05. The van der Waals surface area contributed by atoms with Crippen LogP contribution in [0.1, 0.15) is 17.4 Å². The average molecular weight is 196 g/mol. The van der Waals surface area contributed by atoms with Gasteiger partial charge in [-0.15, -0.1) is 0 Å². The Kier molecular flexibility index (Phi) is 3.16. The number of nitrogens with zero attached hydrogens (tertiary/aromatic N) is 1. The number of carbonyl (C=O) groups excluding carboxylic acids is 1. The Balaban J connectivity index is 2.84. The highest BCUT2D eigenvalue weighted by Gasteiger charge is 2.24. The summed E-state index contributed by atoms with van der Waals surface area (Å²) in [5.41, 5.74) is 5.98. The molecule has 1 amide bonds. The number of carbonyl (C=O) groups is 1. The largest absolute Gasteiger partial charge is 0.384 e. The van der Waals surface area contributed by atoms with Crippen LogP contribution in [-0.2, 0) is 4.79 Å². The van der Waals surface area contributed by atoms with Crippen LogP contribution >= 0.6 is 0 Å². The van der Waals surface area contributed by atoms with Crippen molar-refractivity contribution in [2.45, 2.75) is 19.1 Å². The van der Waals surface area contributed by atoms with E-state index in [1.165, 1.54) is 12.3 Å². The monoisotopic (exact) mass is 196 g/mol. The van der Waals surface area contributed by atoms with Crippen molar-refractivity contribution in [2.75, 3.05) is 0 Å². The van der Waals surface area contributed by atoms with Crippen LogP contribution in [0.4, 0.5) is 0 Å². The van der Waals surface area contributed by atoms with E-state index in [1.54, 1.807) is 6.07 Å². The molecular formula is C9H12N2O3. The minimum Gasteiger partial charge on any atom is -0.384 e. The highest BCUT2D eigenvalue weighted by atomic mass is 16.3. The number of aliphatic hydroxyl groups excluding tert-OH is 2. The van der Waals surface area contributed by atoms with E-state index in [4.69, 9.17) is 10.8 Å². The van der Waals surface area contributed by atoms with Gasteiger partial charge in [0, 0.05) is 6.20 Å². The summed E-state index contributed by atoms with van der Waals surface area (Å²) in [5.74, 6) is -0.972. The van der Waals surface area contributed by atoms with Gasteiger partial charge in [-0.1, -0.05) is 6.07 Å². The highest BCUT2D eigenvalue weighted by Crippen LogP contribution is 2.14. The lowest BCUT2D eigenvalue weighted by Gasteiger charge is -2.13. The highest BCUT2D eigenvalue weighted by molar-refractivity contribution is 5.79. The first-order valence-corrected chi connectivity index (χ1v) is 4.10. The van der Waals surface area contributed by atoms with Gasteiger partial charge in [0.1, 0.15) is 6.10 Å². The standard InChI is InChI=1S/C9H12N2O3/c1-5-2-3-6(11-4-5)7(12)8(13)9(10)14/h2-4,7-8,12-13H,1H3,(H2,10,14). The second-order valence-corrected chi connectivity index (χ2v) is 3.05. The molecule has 0 aliphatic carbocycles. The summed E-state index contributed by atoms with van der Waals surface area (Å²) in [5, 5.41) is 18.6. The Bertz CT molecular complexity index is 323. The molecule has 5 heteroatoms. The lowest BCUT2D eigenvalue weighted by atomic mass is 10.1. The Morgan fingerprint density at radius 1 is 1.50 bits per heavy atom. The summed E-state index contributed by atoms with van der Waals surface area (Å²) in [6.07, 6.45) is -1.45. The van der Waals surface area contributed by atoms with E-state index in [0.29, 0.717) is 0 Å². The van der Waals surface area contributed by atoms with Crippen molar-refractivity contribution in [3.63, 3.8) is 0 Å². The molecule has 0 saturated heterocycles. The van der Waals surface area contributed by atoms with Crippen molar-refractivity contribution in [1.82, 2.24) is 4.98 Å². The fourth-order valence-electron chi connectivity index (χ4n) is 0.972. The fraction of sp³-hybridized carbons (Fsp3) is 0.333. The zero-order valence-corrected chi connectivity index (χ0v) is 7.71. The summed E-state index contributed by atoms with van der Waals surface area (Å²) < 4.78 is 0. The molecule has 5 nitrogen and oxygen atoms in total. The predicted octanol–water partition coefficient (Wildman–Crippen LogP) is -0.730. The minimum absolute atomic E-state index is 0.224. The van der Waals surface area contributed by atoms with Gasteiger partial charge in [-0.25, -0.2) is 0 Å². The molecule has 0 spiro atoms. The predicted molar refractivity (Wildman–Crippen MR) is 49.1 cm³/mol. The molecular weight excluding hydrogens is 184 g/mol. The van der Waals surface area contributed by atoms with Crippen LogP contribution < -0.4 is 5.73 Å². The third-order valence-corrected chi connectivity index (χ3v) is 1.83. The normalized spacial score (nSPS) is 14.8. The second kappa shape index (κ2) is 4.17. The van der Waals surface area contributed by atoms with Gasteiger partial charge in [0.05, 0.1) is 5.69 Å². The van der Waals surface area contributed by atoms with E-state index in [-0.39, 0.29) is 5.69 Å². The van der Waals surface area contributed by atoms with Gasteiger partial charge < -0.3 is 15.9 Å². The van der Waals surface area contributed by atoms with Gasteiger partial charge in [0.2, 0.25) is 5.91 Å². The Morgan fingerprint density at radius 2 is 2.14 bits per heavy atom. The third-order valence-electron chi connectivity index (χ3n) is 1.83. The maximum atomic E-state index is 10.6. The zero-order valence-electron chi connectivity index (χ0n) is 7.71. The van der Waals surface area contributed by atoms with E-state index in [0.717, 1.165) is 5.56 Å². The molecule has 0 fully saturated rings. The Morgan fingerprint density at radius 3 is 2.57 bits per heavy atom. The Labute approximate surface area is 81.2 Å². The van der Waals surface area contributed by atoms with Crippen molar-refractivity contribution in [2.24, 2.45) is 5.73 Å². The number of aromatic nitrogens is 1. The van der Waals surface area contributed by atoms with E-state index in [2.05, 4.69) is 4.98 Å². The number of hydrogen-bond donors (Lipinski definition) is 3. The third kappa shape index (κ3) is 2.27. The fourth-order valence-corrected chi connectivity index (χ4v) is 0.972. The quantitative estimate of drug-likeness (QED) is 0.593. The number of hydrogen-bond acceptors (Lipinski definition) is 4. The maximum absolute atomic E-state index is 10.6. The average Bonchev–Trinajstić information content (AvgIpc) is 2.16. The first kappa shape index (κ1) is 10.6. The smallest absolute Gasteiger partial charge is 0.249 e. The van der Waals surface area contributed by atoms with Crippen molar-refractivity contribution in [3.05, 3.63) is 29.6 Å². The number of aliphatic hydroxyl groups is 2. The molecule has 0 bridgehead atoms. The number of pyridine rings is 1. The summed E-state index contributed by atoms with van der Waals surface area (Å²) in [4.78, 5) is 14.4. The van der Waals surface area contributed by atoms with Gasteiger partial charge in [-0.05, 0) is 18.6 Å². The van der Waals surface area contributed by atoms with Crippen LogP contribution in [0, 0.1) is 6.92 Å². The minimum atomic E-state index is -1.62. The summed E-state index contributed by atoms with van der Waals surface area (Å²) >= 11 is 0. The number of aryl methyl sites for hydroxylation is 1. The molecule has 0 saturated carbocycles. The van der Waals surface area contributed by atoms with Crippen molar-refractivity contribution >= 4 is 5.91 Å². The maximum Gasteiger partial charge on any atom is 0.249 e. The molecule has 0 aliphatic heterocycles. The van der Waals surface area contributed by atoms with Crippen LogP contribution in [0.15, 0.2) is 18.3 Å². The summed E-state index contributed by atoms with van der Waals surface area (Å²) in [6, 6.07) is 3.26. The first-order chi connectivity index (χ1) is 6.52. The van der Waals surface area contributed by atoms with Crippen LogP contribution in [0.5, 0.6) is 0 Å². The van der Waals surface area contributed by atoms with Crippen molar-refractivity contribution < 1.29 is 15.0 Å². The lowest BCUT2D eigenvalue weighted by Crippen LogP contribution is -2.34. The number of nitrogens with two attached hydrogens (primary N) is 1. The molecule has 1 aromatic heterocycles. The first-order valence-electron chi connectivity index (χ1n) is 4.10. The summed E-state index contributed by atoms with van der Waals surface area (Å²) in [6.45, 7) is 1.84. The van der Waals surface area contributed by atoms with E-state index >= 15 is 0 Å². The van der Waals surface area contributed by atoms with Crippen LogP contribution in [-0.4, -0.2) is 27.2 Å². The van der Waals surface area contributed by atoms with E-state index < -0.39 is 18.1 Å². The molecule has 1 heterocycles. The molecule has 0 aliphatic rings. The number of primary amides is 1. The summed E-state index contributed by atoms with van der Waals surface area (Å²) in [7, 11) is 0. The molecule has 1 aromatic rings. The topological polar surface area (TPSA) is 96.4 Å². The van der Waals surface area contributed by atoms with Crippen molar-refractivity contribution in [3.8, 4) is 0 Å². The van der Waals surface area contributed by atoms with Crippen LogP contribution in [0.25, 0.3) is 0 Å². The molecule has 0 aromatic carbocycles. The van der Waals surface area contributed by atoms with Gasteiger partial charge in [-0.2, -0.15) is 0 Å². The van der Waals surface area contributed by atoms with Crippen LogP contribution in [0.3, 0.4) is 0 Å². The molecule has 4 N–H and O–H groups in total. The molecule has 76 valence electrons. The molecule has 1 rings (SSSR count). The molecule has 2 atom stereocenters. The van der Waals surface area contributed by atoms with E-state index in [1.807, 2.05) is 6.92 Å². The molecule has 2 unspecified atom stereocenters. The number of rotatable bonds is 3. The van der Waals surface area contributed by atoms with Crippen molar-refractivity contribution in [1.29, 1.82) is 0 Å². The van der Waals surface area contributed by atoms with Gasteiger partial charge in [-0.3, -0.25) is 9.78 Å². The number of amides is 1. The Hall–Kier alpha value is -1.46. The van der Waals surface area contributed by atoms with E-state index in [9.17, 15) is 9.90 Å². The van der Waals surface area contributed by atoms with Gasteiger partial charge in [0.15, 0.2) is 6.10 Å². The SMILES string of the molecule is Cc1ccc(C(O)C(O)C(N)=O)nc1. The van der Waals surface area contributed by atoms with Gasteiger partial charge >= 0.3 is 0 Å². The van der Waals surface area contributed by atoms with Gasteiger partial charge in [0.25, 0.3) is 0 Å². The van der Waals surface area contributed by atoms with Crippen LogP contribution in [0.2, 0.25) is 0 Å². The zero-order chi connectivity index (χ0) is 10.7. The molecule has 0 radical (unpaired) electrons.